The molecule has 0 fully saturated rings. The van der Waals surface area contributed by atoms with E-state index in [1.165, 1.54) is 4.88 Å². The van der Waals surface area contributed by atoms with E-state index < -0.39 is 0 Å². The lowest BCUT2D eigenvalue weighted by molar-refractivity contribution is -0.117. The summed E-state index contributed by atoms with van der Waals surface area (Å²) in [6.07, 6.45) is 3.34. The third-order valence-electron chi connectivity index (χ3n) is 3.64. The highest BCUT2D eigenvalue weighted by molar-refractivity contribution is 7.10. The summed E-state index contributed by atoms with van der Waals surface area (Å²) in [7, 11) is 0. The van der Waals surface area contributed by atoms with Gasteiger partial charge in [-0.2, -0.15) is 0 Å². The van der Waals surface area contributed by atoms with Gasteiger partial charge in [0, 0.05) is 11.0 Å². The Kier molecular flexibility index (Phi) is 4.67. The van der Waals surface area contributed by atoms with Crippen LogP contribution in [-0.4, -0.2) is 12.7 Å². The Morgan fingerprint density at radius 3 is 2.83 bits per heavy atom. The number of amides is 1. The predicted molar refractivity (Wildman–Crippen MR) is 91.6 cm³/mol. The van der Waals surface area contributed by atoms with Crippen LogP contribution in [0.25, 0.3) is 6.08 Å². The molecular weight excluding hydrogens is 310 g/mol. The second kappa shape index (κ2) is 6.87. The number of fused-ring (bicyclic) bond motifs is 1. The van der Waals surface area contributed by atoms with Crippen LogP contribution in [0.1, 0.15) is 30.3 Å². The molecule has 1 aromatic carbocycles. The molecule has 0 unspecified atom stereocenters. The van der Waals surface area contributed by atoms with Crippen molar-refractivity contribution >= 4 is 23.3 Å². The van der Waals surface area contributed by atoms with Crippen molar-refractivity contribution in [2.75, 3.05) is 6.79 Å². The fraction of sp³-hybridized carbons (Fsp3) is 0.278. The summed E-state index contributed by atoms with van der Waals surface area (Å²) < 4.78 is 10.6. The van der Waals surface area contributed by atoms with Gasteiger partial charge >= 0.3 is 0 Å². The Morgan fingerprint density at radius 2 is 2.09 bits per heavy atom. The SMILES string of the molecule is CC(C)[C@@H](NC(=O)/C=C/c1ccc2c(c1)OCO2)c1cccs1. The van der Waals surface area contributed by atoms with Gasteiger partial charge in [0.1, 0.15) is 0 Å². The Labute approximate surface area is 139 Å². The number of hydrogen-bond acceptors (Lipinski definition) is 4. The maximum absolute atomic E-state index is 12.2. The Balaban J connectivity index is 1.66. The topological polar surface area (TPSA) is 47.6 Å². The highest BCUT2D eigenvalue weighted by Gasteiger charge is 2.18. The van der Waals surface area contributed by atoms with Crippen LogP contribution in [0.15, 0.2) is 41.8 Å². The van der Waals surface area contributed by atoms with E-state index >= 15 is 0 Å². The number of ether oxygens (including phenoxy) is 2. The zero-order chi connectivity index (χ0) is 16.2. The first-order valence-electron chi connectivity index (χ1n) is 7.55. The molecule has 1 aliphatic rings. The molecule has 1 aromatic heterocycles. The maximum atomic E-state index is 12.2. The third-order valence-corrected chi connectivity index (χ3v) is 4.59. The molecule has 5 heteroatoms. The zero-order valence-electron chi connectivity index (χ0n) is 13.1. The number of benzene rings is 1. The minimum atomic E-state index is -0.102. The van der Waals surface area contributed by atoms with Crippen molar-refractivity contribution in [1.29, 1.82) is 0 Å². The number of carbonyl (C=O) groups is 1. The molecule has 120 valence electrons. The quantitative estimate of drug-likeness (QED) is 0.843. The summed E-state index contributed by atoms with van der Waals surface area (Å²) in [6.45, 7) is 4.46. The Hall–Kier alpha value is -2.27. The molecule has 2 heterocycles. The van der Waals surface area contributed by atoms with Crippen LogP contribution in [0.4, 0.5) is 0 Å². The van der Waals surface area contributed by atoms with Crippen LogP contribution < -0.4 is 14.8 Å². The van der Waals surface area contributed by atoms with Crippen molar-refractivity contribution in [3.8, 4) is 11.5 Å². The zero-order valence-corrected chi connectivity index (χ0v) is 13.9. The number of carbonyl (C=O) groups excluding carboxylic acids is 1. The van der Waals surface area contributed by atoms with E-state index in [0.717, 1.165) is 11.3 Å². The molecule has 2 aromatic rings. The number of thiophene rings is 1. The molecule has 3 rings (SSSR count). The summed E-state index contributed by atoms with van der Waals surface area (Å²) in [5.41, 5.74) is 0.904. The molecular formula is C18H19NO3S. The highest BCUT2D eigenvalue weighted by Crippen LogP contribution is 2.32. The Bertz CT molecular complexity index is 707. The van der Waals surface area contributed by atoms with E-state index in [2.05, 4.69) is 25.2 Å². The van der Waals surface area contributed by atoms with Crippen LogP contribution in [0.2, 0.25) is 0 Å². The lowest BCUT2D eigenvalue weighted by atomic mass is 10.0. The molecule has 0 radical (unpaired) electrons. The maximum Gasteiger partial charge on any atom is 0.244 e. The summed E-state index contributed by atoms with van der Waals surface area (Å²) in [4.78, 5) is 13.4. The number of nitrogens with one attached hydrogen (secondary N) is 1. The lowest BCUT2D eigenvalue weighted by Crippen LogP contribution is -2.29. The fourth-order valence-electron chi connectivity index (χ4n) is 2.42. The molecule has 0 saturated carbocycles. The average Bonchev–Trinajstić information content (AvgIpc) is 3.20. The third kappa shape index (κ3) is 3.74. The van der Waals surface area contributed by atoms with Crippen LogP contribution in [0.3, 0.4) is 0 Å². The van der Waals surface area contributed by atoms with Gasteiger partial charge in [0.25, 0.3) is 0 Å². The number of hydrogen-bond donors (Lipinski definition) is 1. The summed E-state index contributed by atoms with van der Waals surface area (Å²) >= 11 is 1.66. The van der Waals surface area contributed by atoms with Crippen LogP contribution >= 0.6 is 11.3 Å². The van der Waals surface area contributed by atoms with Gasteiger partial charge in [0.2, 0.25) is 12.7 Å². The highest BCUT2D eigenvalue weighted by atomic mass is 32.1. The van der Waals surface area contributed by atoms with Crippen molar-refractivity contribution in [2.45, 2.75) is 19.9 Å². The molecule has 0 spiro atoms. The van der Waals surface area contributed by atoms with E-state index in [-0.39, 0.29) is 18.7 Å². The van der Waals surface area contributed by atoms with Gasteiger partial charge in [-0.3, -0.25) is 4.79 Å². The summed E-state index contributed by atoms with van der Waals surface area (Å²) in [5.74, 6) is 1.68. The van der Waals surface area contributed by atoms with E-state index in [1.54, 1.807) is 23.5 Å². The van der Waals surface area contributed by atoms with Gasteiger partial charge in [0.15, 0.2) is 11.5 Å². The van der Waals surface area contributed by atoms with E-state index in [0.29, 0.717) is 11.7 Å². The molecule has 1 amide bonds. The van der Waals surface area contributed by atoms with E-state index in [1.807, 2.05) is 29.6 Å². The largest absolute Gasteiger partial charge is 0.454 e. The molecule has 0 saturated heterocycles. The minimum Gasteiger partial charge on any atom is -0.454 e. The predicted octanol–water partition coefficient (Wildman–Crippen LogP) is 4.00. The molecule has 4 nitrogen and oxygen atoms in total. The van der Waals surface area contributed by atoms with Gasteiger partial charge < -0.3 is 14.8 Å². The summed E-state index contributed by atoms with van der Waals surface area (Å²) in [5, 5.41) is 5.10. The first-order valence-corrected chi connectivity index (χ1v) is 8.43. The normalized spacial score (nSPS) is 14.4. The molecule has 0 aliphatic carbocycles. The molecule has 0 bridgehead atoms. The van der Waals surface area contributed by atoms with Crippen molar-refractivity contribution in [3.63, 3.8) is 0 Å². The monoisotopic (exact) mass is 329 g/mol. The van der Waals surface area contributed by atoms with Crippen molar-refractivity contribution in [2.24, 2.45) is 5.92 Å². The van der Waals surface area contributed by atoms with Crippen LogP contribution in [-0.2, 0) is 4.79 Å². The fourth-order valence-corrected chi connectivity index (χ4v) is 3.37. The molecule has 1 aliphatic heterocycles. The second-order valence-corrected chi connectivity index (χ2v) is 6.67. The van der Waals surface area contributed by atoms with Crippen molar-refractivity contribution in [3.05, 3.63) is 52.2 Å². The van der Waals surface area contributed by atoms with Crippen LogP contribution in [0.5, 0.6) is 11.5 Å². The molecule has 1 N–H and O–H groups in total. The van der Waals surface area contributed by atoms with Gasteiger partial charge in [-0.15, -0.1) is 11.3 Å². The standard InChI is InChI=1S/C18H19NO3S/c1-12(2)18(16-4-3-9-23-16)19-17(20)8-6-13-5-7-14-15(10-13)22-11-21-14/h3-10,12,18H,11H2,1-2H3,(H,19,20)/b8-6+/t18-/m1/s1. The molecule has 1 atom stereocenters. The summed E-state index contributed by atoms with van der Waals surface area (Å²) in [6, 6.07) is 9.70. The average molecular weight is 329 g/mol. The first-order chi connectivity index (χ1) is 11.1. The van der Waals surface area contributed by atoms with Crippen molar-refractivity contribution < 1.29 is 14.3 Å². The van der Waals surface area contributed by atoms with Gasteiger partial charge in [0.05, 0.1) is 6.04 Å². The number of rotatable bonds is 5. The lowest BCUT2D eigenvalue weighted by Gasteiger charge is -2.20. The van der Waals surface area contributed by atoms with Crippen LogP contribution in [0, 0.1) is 5.92 Å². The first kappa shape index (κ1) is 15.6. The van der Waals surface area contributed by atoms with E-state index in [4.69, 9.17) is 9.47 Å². The minimum absolute atomic E-state index is 0.0314. The van der Waals surface area contributed by atoms with Gasteiger partial charge in [-0.05, 0) is 41.1 Å². The van der Waals surface area contributed by atoms with E-state index in [9.17, 15) is 4.79 Å². The smallest absolute Gasteiger partial charge is 0.244 e. The Morgan fingerprint density at radius 1 is 1.26 bits per heavy atom. The molecule has 23 heavy (non-hydrogen) atoms. The second-order valence-electron chi connectivity index (χ2n) is 5.69. The van der Waals surface area contributed by atoms with Gasteiger partial charge in [-0.1, -0.05) is 26.0 Å². The van der Waals surface area contributed by atoms with Gasteiger partial charge in [-0.25, -0.2) is 0 Å². The van der Waals surface area contributed by atoms with Crippen molar-refractivity contribution in [1.82, 2.24) is 5.32 Å².